The fourth-order valence-electron chi connectivity index (χ4n) is 3.35. The number of hydrogen-bond donors (Lipinski definition) is 0. The number of hydrogen-bond acceptors (Lipinski definition) is 5. The fraction of sp³-hybridized carbons (Fsp3) is 0.259. The standard InChI is InChI=1S/C27H30N2O3/c1-29(26-13-6-7-18-28-26)19-20-32-25-16-14-23(15-17-25)21-24(27(30)31-2)12-8-11-22-9-4-3-5-10-22/h3-7,9-10,13-18,21H,8,11-12,19-20H2,1-2H3/b24-21-. The first-order valence-electron chi connectivity index (χ1n) is 10.8. The number of likely N-dealkylation sites (N-methyl/N-ethyl adjacent to an activating group) is 1. The van der Waals surface area contributed by atoms with Gasteiger partial charge in [-0.1, -0.05) is 48.5 Å². The van der Waals surface area contributed by atoms with Crippen molar-refractivity contribution in [1.82, 2.24) is 4.98 Å². The number of pyridine rings is 1. The van der Waals surface area contributed by atoms with Gasteiger partial charge in [-0.25, -0.2) is 9.78 Å². The van der Waals surface area contributed by atoms with Crippen molar-refractivity contribution in [1.29, 1.82) is 0 Å². The maximum atomic E-state index is 12.2. The van der Waals surface area contributed by atoms with Gasteiger partial charge in [-0.15, -0.1) is 0 Å². The van der Waals surface area contributed by atoms with Gasteiger partial charge in [0, 0.05) is 18.8 Å². The van der Waals surface area contributed by atoms with Crippen molar-refractivity contribution in [2.24, 2.45) is 0 Å². The molecule has 0 N–H and O–H groups in total. The number of aryl methyl sites for hydroxylation is 1. The molecule has 0 saturated heterocycles. The lowest BCUT2D eigenvalue weighted by Crippen LogP contribution is -2.24. The van der Waals surface area contributed by atoms with E-state index in [1.54, 1.807) is 6.20 Å². The molecule has 166 valence electrons. The molecule has 0 atom stereocenters. The monoisotopic (exact) mass is 430 g/mol. The molecule has 0 saturated carbocycles. The summed E-state index contributed by atoms with van der Waals surface area (Å²) >= 11 is 0. The molecule has 5 heteroatoms. The molecule has 0 radical (unpaired) electrons. The minimum Gasteiger partial charge on any atom is -0.492 e. The smallest absolute Gasteiger partial charge is 0.333 e. The van der Waals surface area contributed by atoms with E-state index in [0.717, 1.165) is 36.5 Å². The fourth-order valence-corrected chi connectivity index (χ4v) is 3.35. The SMILES string of the molecule is COC(=O)/C(=C\c1ccc(OCCN(C)c2ccccn2)cc1)CCCc1ccccc1. The van der Waals surface area contributed by atoms with Gasteiger partial charge in [0.05, 0.1) is 13.7 Å². The molecule has 1 aromatic heterocycles. The molecule has 0 aliphatic carbocycles. The van der Waals surface area contributed by atoms with Crippen molar-refractivity contribution in [3.63, 3.8) is 0 Å². The van der Waals surface area contributed by atoms with Gasteiger partial charge in [0.15, 0.2) is 0 Å². The number of esters is 1. The van der Waals surface area contributed by atoms with Gasteiger partial charge in [0.1, 0.15) is 18.2 Å². The Bertz CT molecular complexity index is 986. The highest BCUT2D eigenvalue weighted by Gasteiger charge is 2.10. The third kappa shape index (κ3) is 7.27. The summed E-state index contributed by atoms with van der Waals surface area (Å²) in [5.74, 6) is 1.43. The van der Waals surface area contributed by atoms with E-state index in [0.29, 0.717) is 18.6 Å². The molecule has 0 amide bonds. The second kappa shape index (κ2) is 12.3. The molecule has 5 nitrogen and oxygen atoms in total. The van der Waals surface area contributed by atoms with E-state index in [-0.39, 0.29) is 5.97 Å². The summed E-state index contributed by atoms with van der Waals surface area (Å²) in [5, 5.41) is 0. The first-order chi connectivity index (χ1) is 15.7. The summed E-state index contributed by atoms with van der Waals surface area (Å²) in [7, 11) is 3.41. The second-order valence-corrected chi connectivity index (χ2v) is 7.53. The van der Waals surface area contributed by atoms with Crippen LogP contribution in [0.1, 0.15) is 24.0 Å². The van der Waals surface area contributed by atoms with E-state index in [9.17, 15) is 4.79 Å². The van der Waals surface area contributed by atoms with E-state index in [1.165, 1.54) is 12.7 Å². The van der Waals surface area contributed by atoms with Crippen LogP contribution in [0.15, 0.2) is 84.6 Å². The van der Waals surface area contributed by atoms with E-state index in [4.69, 9.17) is 9.47 Å². The number of methoxy groups -OCH3 is 1. The predicted molar refractivity (Wildman–Crippen MR) is 129 cm³/mol. The van der Waals surface area contributed by atoms with Crippen molar-refractivity contribution in [2.75, 3.05) is 32.2 Å². The van der Waals surface area contributed by atoms with Crippen LogP contribution >= 0.6 is 0 Å². The second-order valence-electron chi connectivity index (χ2n) is 7.53. The molecule has 0 spiro atoms. The topological polar surface area (TPSA) is 51.7 Å². The molecule has 0 bridgehead atoms. The Balaban J connectivity index is 1.53. The molecule has 3 aromatic rings. The third-order valence-corrected chi connectivity index (χ3v) is 5.16. The quantitative estimate of drug-likeness (QED) is 0.310. The largest absolute Gasteiger partial charge is 0.492 e. The van der Waals surface area contributed by atoms with Gasteiger partial charge in [-0.05, 0) is 60.7 Å². The van der Waals surface area contributed by atoms with Crippen LogP contribution in [0.5, 0.6) is 5.75 Å². The van der Waals surface area contributed by atoms with Crippen molar-refractivity contribution in [3.8, 4) is 5.75 Å². The number of carbonyl (C=O) groups is 1. The number of anilines is 1. The molecule has 1 heterocycles. The summed E-state index contributed by atoms with van der Waals surface area (Å²) in [6.07, 6.45) is 6.16. The molecule has 32 heavy (non-hydrogen) atoms. The molecule has 0 aliphatic rings. The summed E-state index contributed by atoms with van der Waals surface area (Å²) in [4.78, 5) is 18.6. The Kier molecular flexibility index (Phi) is 8.87. The van der Waals surface area contributed by atoms with Crippen LogP contribution in [0.25, 0.3) is 6.08 Å². The molecule has 0 aliphatic heterocycles. The summed E-state index contributed by atoms with van der Waals surface area (Å²) in [6, 6.07) is 23.9. The number of carbonyl (C=O) groups excluding carboxylic acids is 1. The zero-order valence-corrected chi connectivity index (χ0v) is 18.7. The first kappa shape index (κ1) is 23.1. The number of nitrogens with zero attached hydrogens (tertiary/aromatic N) is 2. The molecular weight excluding hydrogens is 400 g/mol. The van der Waals surface area contributed by atoms with Gasteiger partial charge < -0.3 is 14.4 Å². The first-order valence-corrected chi connectivity index (χ1v) is 10.8. The van der Waals surface area contributed by atoms with Crippen LogP contribution in [-0.2, 0) is 16.0 Å². The number of benzene rings is 2. The Hall–Kier alpha value is -3.60. The summed E-state index contributed by atoms with van der Waals surface area (Å²) < 4.78 is 10.8. The van der Waals surface area contributed by atoms with Crippen molar-refractivity contribution >= 4 is 17.9 Å². The lowest BCUT2D eigenvalue weighted by molar-refractivity contribution is -0.136. The van der Waals surface area contributed by atoms with Crippen LogP contribution in [0.3, 0.4) is 0 Å². The average molecular weight is 431 g/mol. The van der Waals surface area contributed by atoms with Crippen LogP contribution in [0.2, 0.25) is 0 Å². The highest BCUT2D eigenvalue weighted by molar-refractivity contribution is 5.93. The zero-order chi connectivity index (χ0) is 22.6. The highest BCUT2D eigenvalue weighted by atomic mass is 16.5. The van der Waals surface area contributed by atoms with Crippen molar-refractivity contribution in [2.45, 2.75) is 19.3 Å². The molecule has 0 fully saturated rings. The molecule has 2 aromatic carbocycles. The van der Waals surface area contributed by atoms with Gasteiger partial charge in [-0.2, -0.15) is 0 Å². The number of ether oxygens (including phenoxy) is 2. The lowest BCUT2D eigenvalue weighted by atomic mass is 10.0. The lowest BCUT2D eigenvalue weighted by Gasteiger charge is -2.18. The number of rotatable bonds is 11. The van der Waals surface area contributed by atoms with Crippen LogP contribution in [-0.4, -0.2) is 38.3 Å². The van der Waals surface area contributed by atoms with E-state index in [2.05, 4.69) is 22.0 Å². The van der Waals surface area contributed by atoms with Gasteiger partial charge in [-0.3, -0.25) is 0 Å². The maximum absolute atomic E-state index is 12.2. The third-order valence-electron chi connectivity index (χ3n) is 5.16. The zero-order valence-electron chi connectivity index (χ0n) is 18.7. The summed E-state index contributed by atoms with van der Waals surface area (Å²) in [6.45, 7) is 1.28. The number of aromatic nitrogens is 1. The summed E-state index contributed by atoms with van der Waals surface area (Å²) in [5.41, 5.74) is 2.89. The minimum atomic E-state index is -0.282. The van der Waals surface area contributed by atoms with Gasteiger partial charge in [0.2, 0.25) is 0 Å². The van der Waals surface area contributed by atoms with Crippen molar-refractivity contribution < 1.29 is 14.3 Å². The van der Waals surface area contributed by atoms with Gasteiger partial charge >= 0.3 is 5.97 Å². The van der Waals surface area contributed by atoms with E-state index in [1.807, 2.05) is 73.8 Å². The van der Waals surface area contributed by atoms with Gasteiger partial charge in [0.25, 0.3) is 0 Å². The van der Waals surface area contributed by atoms with Crippen molar-refractivity contribution in [3.05, 3.63) is 95.7 Å². The normalized spacial score (nSPS) is 11.1. The van der Waals surface area contributed by atoms with Crippen LogP contribution in [0, 0.1) is 0 Å². The molecule has 3 rings (SSSR count). The van der Waals surface area contributed by atoms with E-state index < -0.39 is 0 Å². The minimum absolute atomic E-state index is 0.282. The van der Waals surface area contributed by atoms with E-state index >= 15 is 0 Å². The Morgan fingerprint density at radius 2 is 1.75 bits per heavy atom. The Labute approximate surface area is 190 Å². The maximum Gasteiger partial charge on any atom is 0.333 e. The van der Waals surface area contributed by atoms with Crippen LogP contribution < -0.4 is 9.64 Å². The van der Waals surface area contributed by atoms with Crippen LogP contribution in [0.4, 0.5) is 5.82 Å². The Morgan fingerprint density at radius 3 is 2.44 bits per heavy atom. The molecular formula is C27H30N2O3. The predicted octanol–water partition coefficient (Wildman–Crippen LogP) is 5.18. The Morgan fingerprint density at radius 1 is 1.00 bits per heavy atom. The average Bonchev–Trinajstić information content (AvgIpc) is 2.85. The molecule has 0 unspecified atom stereocenters. The highest BCUT2D eigenvalue weighted by Crippen LogP contribution is 2.19.